The van der Waals surface area contributed by atoms with Crippen molar-refractivity contribution in [3.8, 4) is 11.4 Å². The second kappa shape index (κ2) is 5.45. The molecule has 0 aliphatic heterocycles. The van der Waals surface area contributed by atoms with E-state index in [1.165, 1.54) is 12.1 Å². The standard InChI is InChI=1S/C13H11Br2FN2/c1-3-9-7(2)17-13(18-12(9)15)10-5-4-8(16)6-11(10)14/h4-6H,3H2,1-2H3. The van der Waals surface area contributed by atoms with Gasteiger partial charge in [-0.25, -0.2) is 14.4 Å². The lowest BCUT2D eigenvalue weighted by atomic mass is 10.1. The van der Waals surface area contributed by atoms with E-state index in [4.69, 9.17) is 0 Å². The van der Waals surface area contributed by atoms with E-state index < -0.39 is 0 Å². The molecule has 5 heteroatoms. The van der Waals surface area contributed by atoms with Gasteiger partial charge in [-0.05, 0) is 63.4 Å². The largest absolute Gasteiger partial charge is 0.233 e. The fraction of sp³-hybridized carbons (Fsp3) is 0.231. The molecule has 0 unspecified atom stereocenters. The molecule has 2 aromatic rings. The number of benzene rings is 1. The third-order valence-electron chi connectivity index (χ3n) is 2.69. The van der Waals surface area contributed by atoms with Crippen LogP contribution in [0.4, 0.5) is 4.39 Å². The Kier molecular flexibility index (Phi) is 4.12. The lowest BCUT2D eigenvalue weighted by molar-refractivity contribution is 0.627. The van der Waals surface area contributed by atoms with E-state index in [-0.39, 0.29) is 5.82 Å². The van der Waals surface area contributed by atoms with Crippen molar-refractivity contribution >= 4 is 31.9 Å². The Balaban J connectivity index is 2.58. The highest BCUT2D eigenvalue weighted by atomic mass is 79.9. The molecule has 0 atom stereocenters. The number of aromatic nitrogens is 2. The van der Waals surface area contributed by atoms with Gasteiger partial charge in [0.05, 0.1) is 0 Å². The van der Waals surface area contributed by atoms with E-state index in [9.17, 15) is 4.39 Å². The van der Waals surface area contributed by atoms with Crippen molar-refractivity contribution in [2.45, 2.75) is 20.3 Å². The molecule has 1 aromatic heterocycles. The van der Waals surface area contributed by atoms with Gasteiger partial charge in [0.2, 0.25) is 0 Å². The van der Waals surface area contributed by atoms with E-state index >= 15 is 0 Å². The van der Waals surface area contributed by atoms with Crippen molar-refractivity contribution in [1.29, 1.82) is 0 Å². The van der Waals surface area contributed by atoms with Gasteiger partial charge < -0.3 is 0 Å². The van der Waals surface area contributed by atoms with Crippen molar-refractivity contribution in [3.63, 3.8) is 0 Å². The molecule has 0 N–H and O–H groups in total. The van der Waals surface area contributed by atoms with Gasteiger partial charge in [-0.3, -0.25) is 0 Å². The predicted octanol–water partition coefficient (Wildman–Crippen LogP) is 4.68. The number of nitrogens with zero attached hydrogens (tertiary/aromatic N) is 2. The van der Waals surface area contributed by atoms with Gasteiger partial charge in [-0.2, -0.15) is 0 Å². The average molecular weight is 374 g/mol. The Hall–Kier alpha value is -0.810. The Labute approximate surface area is 122 Å². The van der Waals surface area contributed by atoms with Crippen LogP contribution in [0.3, 0.4) is 0 Å². The molecule has 0 fully saturated rings. The van der Waals surface area contributed by atoms with Crippen LogP contribution in [0.25, 0.3) is 11.4 Å². The van der Waals surface area contributed by atoms with Crippen molar-refractivity contribution in [2.75, 3.05) is 0 Å². The molecular formula is C13H11Br2FN2. The van der Waals surface area contributed by atoms with Gasteiger partial charge in [0.1, 0.15) is 10.4 Å². The van der Waals surface area contributed by atoms with Crippen LogP contribution in [0.15, 0.2) is 27.3 Å². The summed E-state index contributed by atoms with van der Waals surface area (Å²) in [5, 5.41) is 0. The molecule has 1 heterocycles. The van der Waals surface area contributed by atoms with E-state index in [0.717, 1.165) is 27.8 Å². The van der Waals surface area contributed by atoms with Gasteiger partial charge in [0.25, 0.3) is 0 Å². The maximum atomic E-state index is 13.1. The minimum absolute atomic E-state index is 0.286. The van der Waals surface area contributed by atoms with Crippen molar-refractivity contribution < 1.29 is 4.39 Å². The summed E-state index contributed by atoms with van der Waals surface area (Å²) in [6, 6.07) is 4.49. The summed E-state index contributed by atoms with van der Waals surface area (Å²) < 4.78 is 14.5. The fourth-order valence-electron chi connectivity index (χ4n) is 1.75. The van der Waals surface area contributed by atoms with Crippen molar-refractivity contribution in [1.82, 2.24) is 9.97 Å². The van der Waals surface area contributed by atoms with E-state index in [1.54, 1.807) is 6.07 Å². The number of halogens is 3. The van der Waals surface area contributed by atoms with Crippen molar-refractivity contribution in [3.05, 3.63) is 44.3 Å². The Morgan fingerprint density at radius 1 is 1.22 bits per heavy atom. The maximum absolute atomic E-state index is 13.1. The molecule has 0 radical (unpaired) electrons. The molecule has 94 valence electrons. The minimum Gasteiger partial charge on any atom is -0.233 e. The molecule has 1 aromatic carbocycles. The first-order chi connectivity index (χ1) is 8.52. The van der Waals surface area contributed by atoms with Gasteiger partial charge in [-0.15, -0.1) is 0 Å². The first-order valence-electron chi connectivity index (χ1n) is 5.51. The topological polar surface area (TPSA) is 25.8 Å². The molecule has 0 aliphatic carbocycles. The third-order valence-corrected chi connectivity index (χ3v) is 4.00. The van der Waals surface area contributed by atoms with Gasteiger partial charge in [0, 0.05) is 21.3 Å². The predicted molar refractivity (Wildman–Crippen MR) is 76.9 cm³/mol. The summed E-state index contributed by atoms with van der Waals surface area (Å²) in [5.41, 5.74) is 2.81. The molecule has 2 rings (SSSR count). The van der Waals surface area contributed by atoms with Crippen LogP contribution in [0, 0.1) is 12.7 Å². The summed E-state index contributed by atoms with van der Waals surface area (Å²) in [6.45, 7) is 4.01. The van der Waals surface area contributed by atoms with Crippen LogP contribution in [0.2, 0.25) is 0 Å². The lowest BCUT2D eigenvalue weighted by Crippen LogP contribution is -2.00. The van der Waals surface area contributed by atoms with E-state index in [2.05, 4.69) is 48.8 Å². The SMILES string of the molecule is CCc1c(C)nc(-c2ccc(F)cc2Br)nc1Br. The molecule has 0 spiro atoms. The molecule has 0 amide bonds. The Bertz CT molecular complexity index is 577. The van der Waals surface area contributed by atoms with Crippen LogP contribution < -0.4 is 0 Å². The number of aryl methyl sites for hydroxylation is 1. The van der Waals surface area contributed by atoms with E-state index in [1.807, 2.05) is 6.92 Å². The lowest BCUT2D eigenvalue weighted by Gasteiger charge is -2.09. The van der Waals surface area contributed by atoms with Crippen LogP contribution in [-0.4, -0.2) is 9.97 Å². The molecule has 18 heavy (non-hydrogen) atoms. The zero-order valence-electron chi connectivity index (χ0n) is 9.97. The molecule has 0 saturated heterocycles. The van der Waals surface area contributed by atoms with Crippen LogP contribution >= 0.6 is 31.9 Å². The first kappa shape index (κ1) is 13.6. The second-order valence-corrected chi connectivity index (χ2v) is 5.49. The van der Waals surface area contributed by atoms with Crippen LogP contribution in [-0.2, 0) is 6.42 Å². The van der Waals surface area contributed by atoms with Gasteiger partial charge in [-0.1, -0.05) is 6.92 Å². The highest BCUT2D eigenvalue weighted by molar-refractivity contribution is 9.10. The number of rotatable bonds is 2. The molecular weight excluding hydrogens is 363 g/mol. The zero-order valence-corrected chi connectivity index (χ0v) is 13.1. The molecule has 2 nitrogen and oxygen atoms in total. The third kappa shape index (κ3) is 2.62. The fourth-order valence-corrected chi connectivity index (χ4v) is 3.02. The Morgan fingerprint density at radius 2 is 1.94 bits per heavy atom. The van der Waals surface area contributed by atoms with Crippen LogP contribution in [0.1, 0.15) is 18.2 Å². The number of hydrogen-bond acceptors (Lipinski definition) is 2. The highest BCUT2D eigenvalue weighted by Gasteiger charge is 2.12. The van der Waals surface area contributed by atoms with Gasteiger partial charge >= 0.3 is 0 Å². The zero-order chi connectivity index (χ0) is 13.3. The van der Waals surface area contributed by atoms with Crippen molar-refractivity contribution in [2.24, 2.45) is 0 Å². The summed E-state index contributed by atoms with van der Waals surface area (Å²) in [6.07, 6.45) is 0.872. The van der Waals surface area contributed by atoms with Crippen LogP contribution in [0.5, 0.6) is 0 Å². The second-order valence-electron chi connectivity index (χ2n) is 3.88. The molecule has 0 bridgehead atoms. The highest BCUT2D eigenvalue weighted by Crippen LogP contribution is 2.29. The van der Waals surface area contributed by atoms with Gasteiger partial charge in [0.15, 0.2) is 5.82 Å². The summed E-state index contributed by atoms with van der Waals surface area (Å²) in [5.74, 6) is 0.301. The normalized spacial score (nSPS) is 10.7. The maximum Gasteiger partial charge on any atom is 0.161 e. The quantitative estimate of drug-likeness (QED) is 0.714. The summed E-state index contributed by atoms with van der Waals surface area (Å²) in [4.78, 5) is 8.89. The first-order valence-corrected chi connectivity index (χ1v) is 7.10. The monoisotopic (exact) mass is 372 g/mol. The number of hydrogen-bond donors (Lipinski definition) is 0. The smallest absolute Gasteiger partial charge is 0.161 e. The Morgan fingerprint density at radius 3 is 2.50 bits per heavy atom. The summed E-state index contributed by atoms with van der Waals surface area (Å²) in [7, 11) is 0. The molecule has 0 saturated carbocycles. The summed E-state index contributed by atoms with van der Waals surface area (Å²) >= 11 is 6.79. The molecule has 0 aliphatic rings. The average Bonchev–Trinajstić information content (AvgIpc) is 2.28. The minimum atomic E-state index is -0.286. The van der Waals surface area contributed by atoms with E-state index in [0.29, 0.717) is 10.3 Å².